The third kappa shape index (κ3) is 7.25. The number of thioether (sulfide) groups is 1. The predicted molar refractivity (Wildman–Crippen MR) is 91.2 cm³/mol. The maximum absolute atomic E-state index is 12.1. The van der Waals surface area contributed by atoms with Crippen molar-refractivity contribution < 1.29 is 9.53 Å². The fourth-order valence-corrected chi connectivity index (χ4v) is 2.77. The van der Waals surface area contributed by atoms with Gasteiger partial charge in [-0.25, -0.2) is 9.78 Å². The summed E-state index contributed by atoms with van der Waals surface area (Å²) in [6, 6.07) is 0. The quantitative estimate of drug-likeness (QED) is 0.569. The standard InChI is InChI=1S/C17H28N2O2S/c1-11(2)8-13-10-18-14(9-12(3)4)15(19-13)22-16(20)21-17(5,6)7/h10-12H,8-9H2,1-7H3. The second-order valence-electron chi connectivity index (χ2n) is 7.38. The number of hydrogen-bond donors (Lipinski definition) is 0. The van der Waals surface area contributed by atoms with Crippen molar-refractivity contribution in [2.24, 2.45) is 11.8 Å². The van der Waals surface area contributed by atoms with E-state index in [-0.39, 0.29) is 5.30 Å². The minimum Gasteiger partial charge on any atom is -0.452 e. The lowest BCUT2D eigenvalue weighted by Gasteiger charge is -2.19. The molecule has 0 aliphatic heterocycles. The van der Waals surface area contributed by atoms with Crippen LogP contribution in [0.1, 0.15) is 59.9 Å². The first kappa shape index (κ1) is 18.9. The molecule has 1 heterocycles. The van der Waals surface area contributed by atoms with E-state index in [1.54, 1.807) is 0 Å². The first-order chi connectivity index (χ1) is 10.1. The molecule has 0 unspecified atom stereocenters. The number of nitrogens with zero attached hydrogens (tertiary/aromatic N) is 2. The van der Waals surface area contributed by atoms with Gasteiger partial charge in [0.25, 0.3) is 0 Å². The predicted octanol–water partition coefficient (Wildman–Crippen LogP) is 4.90. The Morgan fingerprint density at radius 2 is 1.77 bits per heavy atom. The summed E-state index contributed by atoms with van der Waals surface area (Å²) in [7, 11) is 0. The smallest absolute Gasteiger partial charge is 0.374 e. The Kier molecular flexibility index (Phi) is 6.85. The molecular formula is C17H28N2O2S. The second-order valence-corrected chi connectivity index (χ2v) is 8.30. The molecular weight excluding hydrogens is 296 g/mol. The van der Waals surface area contributed by atoms with Gasteiger partial charge in [0, 0.05) is 18.0 Å². The van der Waals surface area contributed by atoms with Crippen LogP contribution in [0.5, 0.6) is 0 Å². The van der Waals surface area contributed by atoms with Crippen LogP contribution in [0.25, 0.3) is 0 Å². The summed E-state index contributed by atoms with van der Waals surface area (Å²) < 4.78 is 5.38. The van der Waals surface area contributed by atoms with Crippen LogP contribution < -0.4 is 0 Å². The van der Waals surface area contributed by atoms with E-state index in [9.17, 15) is 4.79 Å². The van der Waals surface area contributed by atoms with Gasteiger partial charge in [0.1, 0.15) is 10.6 Å². The first-order valence-electron chi connectivity index (χ1n) is 7.82. The van der Waals surface area contributed by atoms with Crippen molar-refractivity contribution in [2.45, 2.75) is 71.9 Å². The highest BCUT2D eigenvalue weighted by molar-refractivity contribution is 8.13. The van der Waals surface area contributed by atoms with Gasteiger partial charge in [0.15, 0.2) is 0 Å². The van der Waals surface area contributed by atoms with Crippen LogP contribution in [-0.4, -0.2) is 20.9 Å². The van der Waals surface area contributed by atoms with E-state index in [4.69, 9.17) is 4.74 Å². The molecule has 0 radical (unpaired) electrons. The molecule has 0 bridgehead atoms. The maximum atomic E-state index is 12.1. The summed E-state index contributed by atoms with van der Waals surface area (Å²) in [6.07, 6.45) is 3.49. The molecule has 1 rings (SSSR count). The van der Waals surface area contributed by atoms with Gasteiger partial charge in [0.2, 0.25) is 0 Å². The van der Waals surface area contributed by atoms with Crippen LogP contribution >= 0.6 is 11.8 Å². The van der Waals surface area contributed by atoms with Gasteiger partial charge >= 0.3 is 5.30 Å². The number of ether oxygens (including phenoxy) is 1. The third-order valence-electron chi connectivity index (χ3n) is 2.65. The summed E-state index contributed by atoms with van der Waals surface area (Å²) in [5.74, 6) is 0.966. The lowest BCUT2D eigenvalue weighted by Crippen LogP contribution is -2.21. The molecule has 4 nitrogen and oxygen atoms in total. The first-order valence-corrected chi connectivity index (χ1v) is 8.64. The van der Waals surface area contributed by atoms with Crippen molar-refractivity contribution in [3.63, 3.8) is 0 Å². The van der Waals surface area contributed by atoms with Gasteiger partial charge < -0.3 is 4.74 Å². The number of carbonyl (C=O) groups excluding carboxylic acids is 1. The Morgan fingerprint density at radius 1 is 1.18 bits per heavy atom. The van der Waals surface area contributed by atoms with Gasteiger partial charge in [-0.1, -0.05) is 27.7 Å². The highest BCUT2D eigenvalue weighted by Crippen LogP contribution is 2.26. The second kappa shape index (κ2) is 7.95. The molecule has 0 N–H and O–H groups in total. The van der Waals surface area contributed by atoms with Gasteiger partial charge in [-0.3, -0.25) is 4.98 Å². The van der Waals surface area contributed by atoms with Crippen LogP contribution in [0.2, 0.25) is 0 Å². The van der Waals surface area contributed by atoms with E-state index in [0.29, 0.717) is 16.9 Å². The van der Waals surface area contributed by atoms with Crippen molar-refractivity contribution in [3.8, 4) is 0 Å². The Balaban J connectivity index is 2.97. The zero-order valence-electron chi connectivity index (χ0n) is 14.8. The van der Waals surface area contributed by atoms with E-state index in [1.165, 1.54) is 0 Å². The molecule has 0 saturated carbocycles. The highest BCUT2D eigenvalue weighted by atomic mass is 32.2. The van der Waals surface area contributed by atoms with E-state index in [2.05, 4.69) is 37.7 Å². The summed E-state index contributed by atoms with van der Waals surface area (Å²) in [5.41, 5.74) is 1.30. The fourth-order valence-electron chi connectivity index (χ4n) is 1.91. The Bertz CT molecular complexity index is 508. The van der Waals surface area contributed by atoms with Crippen molar-refractivity contribution in [3.05, 3.63) is 17.6 Å². The molecule has 0 saturated heterocycles. The van der Waals surface area contributed by atoms with E-state index >= 15 is 0 Å². The molecule has 0 aromatic carbocycles. The summed E-state index contributed by atoms with van der Waals surface area (Å²) in [6.45, 7) is 14.1. The van der Waals surface area contributed by atoms with Crippen LogP contribution in [0.4, 0.5) is 4.79 Å². The molecule has 0 atom stereocenters. The van der Waals surface area contributed by atoms with Gasteiger partial charge in [-0.15, -0.1) is 0 Å². The molecule has 1 aromatic rings. The average Bonchev–Trinajstić information content (AvgIpc) is 2.28. The van der Waals surface area contributed by atoms with E-state index < -0.39 is 5.60 Å². The lowest BCUT2D eigenvalue weighted by molar-refractivity contribution is 0.0737. The Labute approximate surface area is 138 Å². The molecule has 0 aliphatic carbocycles. The Hall–Kier alpha value is -1.10. The zero-order chi connectivity index (χ0) is 16.9. The Morgan fingerprint density at radius 3 is 2.27 bits per heavy atom. The van der Waals surface area contributed by atoms with Crippen LogP contribution in [0.15, 0.2) is 11.2 Å². The third-order valence-corrected chi connectivity index (χ3v) is 3.42. The molecule has 0 amide bonds. The summed E-state index contributed by atoms with van der Waals surface area (Å²) in [5, 5.41) is 0.356. The van der Waals surface area contributed by atoms with Crippen LogP contribution in [-0.2, 0) is 17.6 Å². The molecule has 0 aliphatic rings. The SMILES string of the molecule is CC(C)Cc1cnc(CC(C)C)c(SC(=O)OC(C)(C)C)n1. The molecule has 0 spiro atoms. The molecule has 0 fully saturated rings. The van der Waals surface area contributed by atoms with Gasteiger partial charge in [-0.05, 0) is 45.4 Å². The van der Waals surface area contributed by atoms with E-state index in [0.717, 1.165) is 36.0 Å². The normalized spacial score (nSPS) is 12.0. The van der Waals surface area contributed by atoms with Gasteiger partial charge in [-0.2, -0.15) is 0 Å². The van der Waals surface area contributed by atoms with Crippen molar-refractivity contribution in [1.82, 2.24) is 9.97 Å². The topological polar surface area (TPSA) is 52.1 Å². The largest absolute Gasteiger partial charge is 0.452 e. The average molecular weight is 324 g/mol. The van der Waals surface area contributed by atoms with Crippen LogP contribution in [0, 0.1) is 11.8 Å². The van der Waals surface area contributed by atoms with Crippen molar-refractivity contribution in [2.75, 3.05) is 0 Å². The van der Waals surface area contributed by atoms with Crippen LogP contribution in [0.3, 0.4) is 0 Å². The fraction of sp³-hybridized carbons (Fsp3) is 0.706. The van der Waals surface area contributed by atoms with Crippen molar-refractivity contribution >= 4 is 17.1 Å². The summed E-state index contributed by atoms with van der Waals surface area (Å²) >= 11 is 1.05. The maximum Gasteiger partial charge on any atom is 0.374 e. The van der Waals surface area contributed by atoms with Crippen molar-refractivity contribution in [1.29, 1.82) is 0 Å². The number of hydrogen-bond acceptors (Lipinski definition) is 5. The van der Waals surface area contributed by atoms with E-state index in [1.807, 2.05) is 27.0 Å². The lowest BCUT2D eigenvalue weighted by atomic mass is 10.1. The number of aromatic nitrogens is 2. The number of carbonyl (C=O) groups is 1. The molecule has 5 heteroatoms. The zero-order valence-corrected chi connectivity index (χ0v) is 15.6. The summed E-state index contributed by atoms with van der Waals surface area (Å²) in [4.78, 5) is 21.2. The molecule has 1 aromatic heterocycles. The highest BCUT2D eigenvalue weighted by Gasteiger charge is 2.20. The molecule has 22 heavy (non-hydrogen) atoms. The van der Waals surface area contributed by atoms with Gasteiger partial charge in [0.05, 0.1) is 11.4 Å². The monoisotopic (exact) mass is 324 g/mol. The molecule has 124 valence electrons. The minimum absolute atomic E-state index is 0.325. The number of rotatable bonds is 5. The minimum atomic E-state index is -0.495.